The normalized spacial score (nSPS) is 22.2. The molecule has 1 fully saturated rings. The van der Waals surface area contributed by atoms with E-state index in [0.29, 0.717) is 11.9 Å². The van der Waals surface area contributed by atoms with Gasteiger partial charge >= 0.3 is 0 Å². The molecule has 1 aromatic heterocycles. The van der Waals surface area contributed by atoms with Gasteiger partial charge in [0.15, 0.2) is 0 Å². The van der Waals surface area contributed by atoms with Gasteiger partial charge in [0.05, 0.1) is 17.5 Å². The third-order valence-electron chi connectivity index (χ3n) is 6.77. The van der Waals surface area contributed by atoms with Crippen molar-refractivity contribution in [3.05, 3.63) is 29.6 Å². The molecular weight excluding hydrogens is 374 g/mol. The summed E-state index contributed by atoms with van der Waals surface area (Å²) >= 11 is 0. The first-order chi connectivity index (χ1) is 14.4. The molecule has 0 unspecified atom stereocenters. The molecule has 0 amide bonds. The van der Waals surface area contributed by atoms with Crippen molar-refractivity contribution in [2.75, 3.05) is 23.7 Å². The second kappa shape index (κ2) is 8.06. The Balaban J connectivity index is 1.84. The Morgan fingerprint density at radius 2 is 1.80 bits per heavy atom. The summed E-state index contributed by atoms with van der Waals surface area (Å²) in [6, 6.07) is 4.60. The van der Waals surface area contributed by atoms with Gasteiger partial charge in [-0.05, 0) is 69.1 Å². The maximum absolute atomic E-state index is 6.61. The van der Waals surface area contributed by atoms with Crippen LogP contribution in [0.3, 0.4) is 0 Å². The van der Waals surface area contributed by atoms with Crippen molar-refractivity contribution in [2.45, 2.75) is 77.4 Å². The summed E-state index contributed by atoms with van der Waals surface area (Å²) in [4.78, 5) is 11.3. The first-order valence-electron chi connectivity index (χ1n) is 11.3. The summed E-state index contributed by atoms with van der Waals surface area (Å²) in [5.41, 5.74) is 17.9. The smallest absolute Gasteiger partial charge is 0.143 e. The molecule has 1 aromatic carbocycles. The van der Waals surface area contributed by atoms with E-state index < -0.39 is 0 Å². The number of rotatable bonds is 5. The summed E-state index contributed by atoms with van der Waals surface area (Å²) in [7, 11) is 0. The van der Waals surface area contributed by atoms with Crippen molar-refractivity contribution in [3.8, 4) is 17.0 Å². The van der Waals surface area contributed by atoms with Crippen molar-refractivity contribution in [1.29, 1.82) is 0 Å². The molecule has 1 saturated carbocycles. The van der Waals surface area contributed by atoms with Crippen LogP contribution in [-0.2, 0) is 11.8 Å². The number of hydrogen-bond donors (Lipinski definition) is 2. The predicted molar refractivity (Wildman–Crippen MR) is 123 cm³/mol. The highest BCUT2D eigenvalue weighted by Crippen LogP contribution is 2.49. The molecule has 0 saturated heterocycles. The Morgan fingerprint density at radius 3 is 2.47 bits per heavy atom. The van der Waals surface area contributed by atoms with E-state index >= 15 is 0 Å². The van der Waals surface area contributed by atoms with Crippen LogP contribution >= 0.6 is 0 Å². The van der Waals surface area contributed by atoms with Gasteiger partial charge < -0.3 is 21.1 Å². The van der Waals surface area contributed by atoms with Crippen molar-refractivity contribution in [1.82, 2.24) is 9.97 Å². The van der Waals surface area contributed by atoms with Crippen molar-refractivity contribution in [3.63, 3.8) is 0 Å². The monoisotopic (exact) mass is 409 g/mol. The average molecular weight is 410 g/mol. The van der Waals surface area contributed by atoms with Gasteiger partial charge in [-0.25, -0.2) is 9.97 Å². The third kappa shape index (κ3) is 3.62. The van der Waals surface area contributed by atoms with E-state index in [1.807, 2.05) is 0 Å². The lowest BCUT2D eigenvalue weighted by Gasteiger charge is -2.38. The molecule has 0 atom stereocenters. The first-order valence-corrected chi connectivity index (χ1v) is 11.3. The summed E-state index contributed by atoms with van der Waals surface area (Å²) < 4.78 is 6.61. The molecule has 0 radical (unpaired) electrons. The lowest BCUT2D eigenvalue weighted by atomic mass is 9.71. The van der Waals surface area contributed by atoms with E-state index in [2.05, 4.69) is 54.7 Å². The molecule has 4 N–H and O–H groups in total. The Hall–Kier alpha value is -2.34. The first kappa shape index (κ1) is 20.9. The highest BCUT2D eigenvalue weighted by Gasteiger charge is 2.37. The van der Waals surface area contributed by atoms with E-state index in [0.717, 1.165) is 67.8 Å². The fourth-order valence-corrected chi connectivity index (χ4v) is 5.18. The SMILES string of the molecule is CCN(CC)c1c(OC2CCC(N)CC2)ccc2c1CC(C)(C)c1c(N)ncnc1-2. The van der Waals surface area contributed by atoms with Gasteiger partial charge in [0.25, 0.3) is 0 Å². The molecule has 1 heterocycles. The van der Waals surface area contributed by atoms with Crippen molar-refractivity contribution < 1.29 is 4.74 Å². The minimum Gasteiger partial charge on any atom is -0.488 e. The lowest BCUT2D eigenvalue weighted by Crippen LogP contribution is -2.33. The largest absolute Gasteiger partial charge is 0.488 e. The standard InChI is InChI=1S/C24H35N5O/c1-5-29(6-2)22-18-13-24(3,4)20-21(27-14-28-23(20)26)17(18)11-12-19(22)30-16-9-7-15(25)8-10-16/h11-12,14-16H,5-10,13,25H2,1-4H3,(H2,26,27,28). The second-order valence-electron chi connectivity index (χ2n) is 9.31. The fourth-order valence-electron chi connectivity index (χ4n) is 5.18. The van der Waals surface area contributed by atoms with E-state index in [4.69, 9.17) is 16.2 Å². The third-order valence-corrected chi connectivity index (χ3v) is 6.77. The Labute approximate surface area is 180 Å². The number of nitrogens with two attached hydrogens (primary N) is 2. The molecule has 2 aromatic rings. The van der Waals surface area contributed by atoms with Crippen LogP contribution < -0.4 is 21.1 Å². The van der Waals surface area contributed by atoms with Gasteiger partial charge in [-0.2, -0.15) is 0 Å². The number of nitrogen functional groups attached to an aromatic ring is 1. The van der Waals surface area contributed by atoms with Crippen LogP contribution in [0.2, 0.25) is 0 Å². The van der Waals surface area contributed by atoms with Gasteiger partial charge in [0.1, 0.15) is 17.9 Å². The van der Waals surface area contributed by atoms with Crippen LogP contribution in [0, 0.1) is 0 Å². The van der Waals surface area contributed by atoms with Crippen LogP contribution in [0.25, 0.3) is 11.3 Å². The Kier molecular flexibility index (Phi) is 5.62. The van der Waals surface area contributed by atoms with E-state index in [-0.39, 0.29) is 11.5 Å². The lowest BCUT2D eigenvalue weighted by molar-refractivity contribution is 0.147. The summed E-state index contributed by atoms with van der Waals surface area (Å²) in [5, 5.41) is 0. The molecule has 162 valence electrons. The van der Waals surface area contributed by atoms with Crippen LogP contribution in [0.5, 0.6) is 5.75 Å². The number of benzene rings is 1. The highest BCUT2D eigenvalue weighted by atomic mass is 16.5. The zero-order valence-electron chi connectivity index (χ0n) is 18.7. The quantitative estimate of drug-likeness (QED) is 0.774. The summed E-state index contributed by atoms with van der Waals surface area (Å²) in [6.07, 6.45) is 6.80. The number of nitrogens with zero attached hydrogens (tertiary/aromatic N) is 3. The molecular formula is C24H35N5O. The number of ether oxygens (including phenoxy) is 1. The molecule has 0 bridgehead atoms. The highest BCUT2D eigenvalue weighted by molar-refractivity contribution is 5.83. The zero-order chi connectivity index (χ0) is 21.5. The Bertz CT molecular complexity index is 914. The van der Waals surface area contributed by atoms with E-state index in [1.54, 1.807) is 6.33 Å². The van der Waals surface area contributed by atoms with Crippen LogP contribution in [0.1, 0.15) is 64.5 Å². The molecule has 2 aliphatic rings. The average Bonchev–Trinajstić information content (AvgIpc) is 2.71. The van der Waals surface area contributed by atoms with Gasteiger partial charge in [-0.1, -0.05) is 13.8 Å². The second-order valence-corrected chi connectivity index (χ2v) is 9.31. The topological polar surface area (TPSA) is 90.3 Å². The maximum Gasteiger partial charge on any atom is 0.143 e. The van der Waals surface area contributed by atoms with E-state index in [1.165, 1.54) is 11.3 Å². The number of fused-ring (bicyclic) bond motifs is 3. The minimum atomic E-state index is -0.147. The van der Waals surface area contributed by atoms with Crippen LogP contribution in [0.4, 0.5) is 11.5 Å². The van der Waals surface area contributed by atoms with E-state index in [9.17, 15) is 0 Å². The Morgan fingerprint density at radius 1 is 1.10 bits per heavy atom. The molecule has 0 spiro atoms. The fraction of sp³-hybridized carbons (Fsp3) is 0.583. The van der Waals surface area contributed by atoms with Gasteiger partial charge in [-0.3, -0.25) is 0 Å². The van der Waals surface area contributed by atoms with Gasteiger partial charge in [0, 0.05) is 30.3 Å². The molecule has 6 nitrogen and oxygen atoms in total. The maximum atomic E-state index is 6.61. The summed E-state index contributed by atoms with van der Waals surface area (Å²) in [6.45, 7) is 10.7. The van der Waals surface area contributed by atoms with Gasteiger partial charge in [0.2, 0.25) is 0 Å². The zero-order valence-corrected chi connectivity index (χ0v) is 18.7. The molecule has 30 heavy (non-hydrogen) atoms. The number of anilines is 2. The predicted octanol–water partition coefficient (Wildman–Crippen LogP) is 4.05. The molecule has 2 aliphatic carbocycles. The summed E-state index contributed by atoms with van der Waals surface area (Å²) in [5.74, 6) is 1.57. The van der Waals surface area contributed by atoms with Gasteiger partial charge in [-0.15, -0.1) is 0 Å². The molecule has 6 heteroatoms. The molecule has 0 aliphatic heterocycles. The van der Waals surface area contributed by atoms with Crippen molar-refractivity contribution >= 4 is 11.5 Å². The number of hydrogen-bond acceptors (Lipinski definition) is 6. The van der Waals surface area contributed by atoms with Crippen LogP contribution in [-0.4, -0.2) is 35.2 Å². The van der Waals surface area contributed by atoms with Crippen LogP contribution in [0.15, 0.2) is 18.5 Å². The molecule has 4 rings (SSSR count). The number of aromatic nitrogens is 2. The van der Waals surface area contributed by atoms with Crippen molar-refractivity contribution in [2.24, 2.45) is 5.73 Å². The minimum absolute atomic E-state index is 0.147.